The fourth-order valence-corrected chi connectivity index (χ4v) is 4.22. The quantitative estimate of drug-likeness (QED) is 0.217. The molecule has 2 aromatic carbocycles. The Morgan fingerprint density at radius 3 is 2.59 bits per heavy atom. The summed E-state index contributed by atoms with van der Waals surface area (Å²) in [4.78, 5) is 0. The predicted molar refractivity (Wildman–Crippen MR) is 135 cm³/mol. The summed E-state index contributed by atoms with van der Waals surface area (Å²) in [5.74, 6) is 1.23. The van der Waals surface area contributed by atoms with Crippen molar-refractivity contribution in [1.29, 1.82) is 0 Å². The molecule has 0 saturated carbocycles. The maximum absolute atomic E-state index is 10.7. The molecule has 3 atom stereocenters. The van der Waals surface area contributed by atoms with Gasteiger partial charge < -0.3 is 19.3 Å². The lowest BCUT2D eigenvalue weighted by atomic mass is 9.83. The van der Waals surface area contributed by atoms with E-state index in [1.165, 1.54) is 0 Å². The number of ether oxygens (including phenoxy) is 3. The number of aliphatic hydroxyl groups excluding tert-OH is 1. The Balaban J connectivity index is 1.56. The SMILES string of the molecule is C=CC1CCOCC1C(=C=C(O)c1ccccc1)C=C=Cc1ccc(OC2CCCCO2)cc1. The van der Waals surface area contributed by atoms with Gasteiger partial charge in [-0.25, -0.2) is 0 Å². The topological polar surface area (TPSA) is 47.9 Å². The van der Waals surface area contributed by atoms with E-state index in [1.807, 2.05) is 72.8 Å². The molecule has 1 N–H and O–H groups in total. The molecule has 34 heavy (non-hydrogen) atoms. The van der Waals surface area contributed by atoms with Crippen molar-refractivity contribution < 1.29 is 19.3 Å². The number of aliphatic hydroxyl groups is 1. The van der Waals surface area contributed by atoms with Gasteiger partial charge in [-0.05, 0) is 55.0 Å². The van der Waals surface area contributed by atoms with Crippen molar-refractivity contribution in [2.45, 2.75) is 32.0 Å². The van der Waals surface area contributed by atoms with Crippen molar-refractivity contribution in [1.82, 2.24) is 0 Å². The summed E-state index contributed by atoms with van der Waals surface area (Å²) < 4.78 is 17.3. The predicted octanol–water partition coefficient (Wildman–Crippen LogP) is 6.72. The molecule has 4 rings (SSSR count). The molecule has 2 aliphatic rings. The van der Waals surface area contributed by atoms with Crippen LogP contribution in [-0.2, 0) is 9.47 Å². The van der Waals surface area contributed by atoms with Gasteiger partial charge in [-0.15, -0.1) is 12.3 Å². The molecule has 2 aromatic rings. The van der Waals surface area contributed by atoms with Crippen LogP contribution in [0.15, 0.2) is 90.4 Å². The zero-order valence-electron chi connectivity index (χ0n) is 19.5. The Hall–Kier alpha value is -3.26. The van der Waals surface area contributed by atoms with Crippen molar-refractivity contribution in [3.8, 4) is 5.75 Å². The van der Waals surface area contributed by atoms with Crippen LogP contribution in [0.2, 0.25) is 0 Å². The van der Waals surface area contributed by atoms with E-state index in [0.29, 0.717) is 13.2 Å². The van der Waals surface area contributed by atoms with E-state index in [0.717, 1.165) is 54.7 Å². The van der Waals surface area contributed by atoms with E-state index in [4.69, 9.17) is 14.2 Å². The van der Waals surface area contributed by atoms with Crippen molar-refractivity contribution in [3.63, 3.8) is 0 Å². The third kappa shape index (κ3) is 6.63. The van der Waals surface area contributed by atoms with E-state index in [1.54, 1.807) is 0 Å². The highest BCUT2D eigenvalue weighted by Crippen LogP contribution is 2.30. The number of benzene rings is 2. The van der Waals surface area contributed by atoms with Crippen molar-refractivity contribution in [3.05, 3.63) is 101 Å². The molecule has 0 bridgehead atoms. The van der Waals surface area contributed by atoms with Gasteiger partial charge in [-0.2, -0.15) is 0 Å². The van der Waals surface area contributed by atoms with Crippen LogP contribution < -0.4 is 4.74 Å². The van der Waals surface area contributed by atoms with Crippen LogP contribution >= 0.6 is 0 Å². The van der Waals surface area contributed by atoms with E-state index >= 15 is 0 Å². The van der Waals surface area contributed by atoms with E-state index < -0.39 is 0 Å². The van der Waals surface area contributed by atoms with Gasteiger partial charge in [0.25, 0.3) is 0 Å². The third-order valence-electron chi connectivity index (χ3n) is 6.20. The molecule has 0 amide bonds. The van der Waals surface area contributed by atoms with Gasteiger partial charge in [0.15, 0.2) is 12.0 Å². The molecule has 2 fully saturated rings. The third-order valence-corrected chi connectivity index (χ3v) is 6.20. The monoisotopic (exact) mass is 456 g/mol. The summed E-state index contributed by atoms with van der Waals surface area (Å²) in [6.07, 6.45) is 9.69. The average molecular weight is 457 g/mol. The second kappa shape index (κ2) is 12.3. The molecular weight excluding hydrogens is 424 g/mol. The van der Waals surface area contributed by atoms with Gasteiger partial charge in [0, 0.05) is 30.1 Å². The molecule has 4 nitrogen and oxygen atoms in total. The summed E-state index contributed by atoms with van der Waals surface area (Å²) in [6.45, 7) is 6.05. The molecule has 176 valence electrons. The smallest absolute Gasteiger partial charge is 0.199 e. The van der Waals surface area contributed by atoms with E-state index in [9.17, 15) is 5.11 Å². The Morgan fingerprint density at radius 1 is 1.03 bits per heavy atom. The maximum atomic E-state index is 10.7. The van der Waals surface area contributed by atoms with Crippen LogP contribution in [0.25, 0.3) is 11.8 Å². The molecule has 3 unspecified atom stereocenters. The van der Waals surface area contributed by atoms with Crippen LogP contribution in [0.1, 0.15) is 36.8 Å². The largest absolute Gasteiger partial charge is 0.501 e. The zero-order chi connectivity index (χ0) is 23.6. The standard InChI is InChI=1S/C30H32O4/c1-2-24-18-20-32-22-28(24)26(21-29(31)25-10-4-3-5-11-25)12-8-9-23-14-16-27(17-15-23)34-30-13-6-7-19-33-30/h2-5,9-12,14-17,24,28,30-31H,1,6-7,13,18-20,22H2. The molecule has 0 aliphatic carbocycles. The van der Waals surface area contributed by atoms with Gasteiger partial charge in [-0.1, -0.05) is 54.3 Å². The van der Waals surface area contributed by atoms with Crippen molar-refractivity contribution in [2.24, 2.45) is 11.8 Å². The average Bonchev–Trinajstić information content (AvgIpc) is 2.90. The first-order valence-electron chi connectivity index (χ1n) is 12.0. The molecule has 2 saturated heterocycles. The summed E-state index contributed by atoms with van der Waals surface area (Å²) >= 11 is 0. The highest BCUT2D eigenvalue weighted by Gasteiger charge is 2.26. The second-order valence-electron chi connectivity index (χ2n) is 8.60. The molecule has 2 aliphatic heterocycles. The molecule has 0 spiro atoms. The van der Waals surface area contributed by atoms with Crippen LogP contribution in [0.5, 0.6) is 5.75 Å². The summed E-state index contributed by atoms with van der Waals surface area (Å²) in [7, 11) is 0. The van der Waals surface area contributed by atoms with Crippen LogP contribution in [0.4, 0.5) is 0 Å². The van der Waals surface area contributed by atoms with E-state index in [-0.39, 0.29) is 23.9 Å². The Morgan fingerprint density at radius 2 is 1.85 bits per heavy atom. The highest BCUT2D eigenvalue weighted by molar-refractivity contribution is 5.59. The zero-order valence-corrected chi connectivity index (χ0v) is 19.5. The first-order valence-corrected chi connectivity index (χ1v) is 12.0. The summed E-state index contributed by atoms with van der Waals surface area (Å²) in [5, 5.41) is 10.7. The fraction of sp³-hybridized carbons (Fsp3) is 0.333. The summed E-state index contributed by atoms with van der Waals surface area (Å²) in [5.41, 5.74) is 9.04. The minimum Gasteiger partial charge on any atom is -0.501 e. The first-order chi connectivity index (χ1) is 16.7. The Bertz CT molecular complexity index is 1060. The van der Waals surface area contributed by atoms with E-state index in [2.05, 4.69) is 18.0 Å². The van der Waals surface area contributed by atoms with Crippen LogP contribution in [0, 0.1) is 11.8 Å². The Kier molecular flexibility index (Phi) is 8.62. The minimum absolute atomic E-state index is 0.0595. The van der Waals surface area contributed by atoms with Crippen LogP contribution in [-0.4, -0.2) is 31.2 Å². The minimum atomic E-state index is -0.151. The lowest BCUT2D eigenvalue weighted by molar-refractivity contribution is -0.105. The lowest BCUT2D eigenvalue weighted by Gasteiger charge is -2.29. The van der Waals surface area contributed by atoms with Crippen molar-refractivity contribution >= 4 is 11.8 Å². The maximum Gasteiger partial charge on any atom is 0.199 e. The molecule has 0 radical (unpaired) electrons. The fourth-order valence-electron chi connectivity index (χ4n) is 4.22. The van der Waals surface area contributed by atoms with Gasteiger partial charge in [0.2, 0.25) is 0 Å². The normalized spacial score (nSPS) is 21.9. The number of allylic oxidation sites excluding steroid dienone is 2. The van der Waals surface area contributed by atoms with Gasteiger partial charge in [0.1, 0.15) is 5.75 Å². The second-order valence-corrected chi connectivity index (χ2v) is 8.60. The van der Waals surface area contributed by atoms with Gasteiger partial charge >= 0.3 is 0 Å². The summed E-state index contributed by atoms with van der Waals surface area (Å²) in [6, 6.07) is 17.3. The number of hydrogen-bond donors (Lipinski definition) is 1. The Labute approximate surface area is 202 Å². The molecular formula is C30H32O4. The van der Waals surface area contributed by atoms with Gasteiger partial charge in [0.05, 0.1) is 13.2 Å². The van der Waals surface area contributed by atoms with Crippen molar-refractivity contribution in [2.75, 3.05) is 19.8 Å². The lowest BCUT2D eigenvalue weighted by Crippen LogP contribution is -2.27. The molecule has 2 heterocycles. The van der Waals surface area contributed by atoms with Gasteiger partial charge in [-0.3, -0.25) is 0 Å². The first kappa shape index (κ1) is 23.9. The molecule has 4 heteroatoms. The number of rotatable bonds is 7. The highest BCUT2D eigenvalue weighted by atomic mass is 16.7. The molecule has 0 aromatic heterocycles. The number of hydrogen-bond acceptors (Lipinski definition) is 4. The van der Waals surface area contributed by atoms with Crippen LogP contribution in [0.3, 0.4) is 0 Å².